The van der Waals surface area contributed by atoms with Gasteiger partial charge in [0, 0.05) is 30.6 Å². The zero-order valence-electron chi connectivity index (χ0n) is 11.4. The van der Waals surface area contributed by atoms with Crippen molar-refractivity contribution < 1.29 is 4.74 Å². The van der Waals surface area contributed by atoms with Crippen molar-refractivity contribution in [3.63, 3.8) is 0 Å². The molecule has 0 saturated heterocycles. The molecule has 1 aromatic heterocycles. The van der Waals surface area contributed by atoms with E-state index in [0.29, 0.717) is 12.5 Å². The van der Waals surface area contributed by atoms with Gasteiger partial charge in [-0.05, 0) is 35.6 Å². The Morgan fingerprint density at radius 3 is 3.10 bits per heavy atom. The van der Waals surface area contributed by atoms with E-state index < -0.39 is 0 Å². The zero-order chi connectivity index (χ0) is 13.5. The quantitative estimate of drug-likeness (QED) is 0.908. The van der Waals surface area contributed by atoms with Crippen LogP contribution in [0.25, 0.3) is 0 Å². The highest BCUT2D eigenvalue weighted by Crippen LogP contribution is 2.40. The summed E-state index contributed by atoms with van der Waals surface area (Å²) >= 11 is 0. The van der Waals surface area contributed by atoms with Crippen molar-refractivity contribution in [3.8, 4) is 5.75 Å². The minimum absolute atomic E-state index is 0.419. The molecule has 2 aromatic rings. The smallest absolute Gasteiger partial charge is 0.127 e. The topological polar surface area (TPSA) is 48.1 Å². The second kappa shape index (κ2) is 4.60. The van der Waals surface area contributed by atoms with Gasteiger partial charge in [0.05, 0.1) is 12.3 Å². The normalized spacial score (nSPS) is 19.6. The maximum absolute atomic E-state index is 5.89. The van der Waals surface area contributed by atoms with Crippen LogP contribution in [-0.2, 0) is 19.4 Å². The van der Waals surface area contributed by atoms with Crippen LogP contribution in [-0.4, -0.2) is 11.6 Å². The molecule has 0 saturated carbocycles. The van der Waals surface area contributed by atoms with Gasteiger partial charge in [-0.15, -0.1) is 0 Å². The van der Waals surface area contributed by atoms with Crippen LogP contribution >= 0.6 is 0 Å². The van der Waals surface area contributed by atoms with E-state index in [1.165, 1.54) is 22.4 Å². The molecule has 102 valence electrons. The van der Waals surface area contributed by atoms with Gasteiger partial charge in [0.15, 0.2) is 0 Å². The highest BCUT2D eigenvalue weighted by Gasteiger charge is 2.27. The number of hydrogen-bond donors (Lipinski definition) is 1. The summed E-state index contributed by atoms with van der Waals surface area (Å²) in [6, 6.07) is 8.75. The second-order valence-corrected chi connectivity index (χ2v) is 5.61. The van der Waals surface area contributed by atoms with Crippen LogP contribution in [0.15, 0.2) is 30.5 Å². The average molecular weight is 266 g/mol. The lowest BCUT2D eigenvalue weighted by atomic mass is 9.92. The van der Waals surface area contributed by atoms with E-state index in [4.69, 9.17) is 10.5 Å². The molecule has 1 atom stereocenters. The molecule has 20 heavy (non-hydrogen) atoms. The number of pyridine rings is 1. The predicted octanol–water partition coefficient (Wildman–Crippen LogP) is 2.55. The summed E-state index contributed by atoms with van der Waals surface area (Å²) in [6.07, 6.45) is 5.17. The van der Waals surface area contributed by atoms with Gasteiger partial charge in [-0.2, -0.15) is 0 Å². The molecule has 0 amide bonds. The maximum atomic E-state index is 5.89. The first-order chi connectivity index (χ1) is 9.86. The van der Waals surface area contributed by atoms with Crippen LogP contribution in [0.2, 0.25) is 0 Å². The Hall–Kier alpha value is -1.87. The summed E-state index contributed by atoms with van der Waals surface area (Å²) in [5.41, 5.74) is 12.3. The molecule has 4 rings (SSSR count). The Kier molecular flexibility index (Phi) is 2.74. The number of benzene rings is 1. The first kappa shape index (κ1) is 11.9. The van der Waals surface area contributed by atoms with Gasteiger partial charge in [-0.3, -0.25) is 4.98 Å². The molecule has 0 bridgehead atoms. The largest absolute Gasteiger partial charge is 0.493 e. The number of fused-ring (bicyclic) bond motifs is 2. The van der Waals surface area contributed by atoms with Crippen molar-refractivity contribution >= 4 is 0 Å². The number of aromatic nitrogens is 1. The second-order valence-electron chi connectivity index (χ2n) is 5.61. The Balaban J connectivity index is 1.81. The molecule has 1 aliphatic carbocycles. The maximum Gasteiger partial charge on any atom is 0.127 e. The molecule has 2 heterocycles. The standard InChI is InChI=1S/C17H18N2O/c18-10-14-9-13(8-12-5-7-20-17(12)14)15-4-3-11-2-1-6-19-16(11)15/h1-2,6,8-9,15H,3-5,7,10,18H2. The van der Waals surface area contributed by atoms with E-state index in [2.05, 4.69) is 23.2 Å². The van der Waals surface area contributed by atoms with Crippen LogP contribution in [0.5, 0.6) is 5.75 Å². The number of nitrogens with two attached hydrogens (primary N) is 1. The summed E-state index contributed by atoms with van der Waals surface area (Å²) in [7, 11) is 0. The van der Waals surface area contributed by atoms with Crippen molar-refractivity contribution in [1.29, 1.82) is 0 Å². The third-order valence-corrected chi connectivity index (χ3v) is 4.46. The highest BCUT2D eigenvalue weighted by molar-refractivity contribution is 5.50. The lowest BCUT2D eigenvalue weighted by Gasteiger charge is -2.15. The third kappa shape index (κ3) is 1.74. The summed E-state index contributed by atoms with van der Waals surface area (Å²) in [5, 5.41) is 0. The Morgan fingerprint density at radius 1 is 1.25 bits per heavy atom. The molecule has 1 unspecified atom stereocenters. The lowest BCUT2D eigenvalue weighted by Crippen LogP contribution is -2.04. The lowest BCUT2D eigenvalue weighted by molar-refractivity contribution is 0.353. The van der Waals surface area contributed by atoms with E-state index >= 15 is 0 Å². The average Bonchev–Trinajstić information content (AvgIpc) is 3.12. The van der Waals surface area contributed by atoms with Crippen LogP contribution < -0.4 is 10.5 Å². The number of nitrogens with zero attached hydrogens (tertiary/aromatic N) is 1. The molecule has 1 aliphatic heterocycles. The van der Waals surface area contributed by atoms with Gasteiger partial charge in [0.1, 0.15) is 5.75 Å². The van der Waals surface area contributed by atoms with E-state index in [-0.39, 0.29) is 0 Å². The fourth-order valence-corrected chi connectivity index (χ4v) is 3.51. The van der Waals surface area contributed by atoms with E-state index in [1.54, 1.807) is 0 Å². The van der Waals surface area contributed by atoms with Gasteiger partial charge in [0.2, 0.25) is 0 Å². The SMILES string of the molecule is NCc1cc(C2CCc3cccnc32)cc2c1OCC2. The Labute approximate surface area is 118 Å². The molecule has 3 nitrogen and oxygen atoms in total. The zero-order valence-corrected chi connectivity index (χ0v) is 11.4. The molecule has 3 heteroatoms. The molecule has 2 aliphatic rings. The van der Waals surface area contributed by atoms with Crippen molar-refractivity contribution in [3.05, 3.63) is 58.4 Å². The van der Waals surface area contributed by atoms with E-state index in [9.17, 15) is 0 Å². The molecule has 0 fully saturated rings. The monoisotopic (exact) mass is 266 g/mol. The van der Waals surface area contributed by atoms with E-state index in [1.807, 2.05) is 12.3 Å². The fraction of sp³-hybridized carbons (Fsp3) is 0.353. The van der Waals surface area contributed by atoms with Crippen molar-refractivity contribution in [2.75, 3.05) is 6.61 Å². The summed E-state index contributed by atoms with van der Waals surface area (Å²) in [6.45, 7) is 1.32. The minimum Gasteiger partial charge on any atom is -0.493 e. The third-order valence-electron chi connectivity index (χ3n) is 4.46. The number of hydrogen-bond acceptors (Lipinski definition) is 3. The van der Waals surface area contributed by atoms with Crippen molar-refractivity contribution in [2.45, 2.75) is 31.7 Å². The molecule has 1 aromatic carbocycles. The summed E-state index contributed by atoms with van der Waals surface area (Å²) in [4.78, 5) is 4.60. The van der Waals surface area contributed by atoms with Crippen molar-refractivity contribution in [2.24, 2.45) is 5.73 Å². The number of aryl methyl sites for hydroxylation is 1. The van der Waals surface area contributed by atoms with Gasteiger partial charge in [-0.25, -0.2) is 0 Å². The Bertz CT molecular complexity index is 666. The van der Waals surface area contributed by atoms with Crippen LogP contribution in [0.3, 0.4) is 0 Å². The van der Waals surface area contributed by atoms with E-state index in [0.717, 1.165) is 37.2 Å². The number of ether oxygens (including phenoxy) is 1. The Morgan fingerprint density at radius 2 is 2.20 bits per heavy atom. The minimum atomic E-state index is 0.419. The first-order valence-electron chi connectivity index (χ1n) is 7.29. The van der Waals surface area contributed by atoms with Gasteiger partial charge >= 0.3 is 0 Å². The number of rotatable bonds is 2. The van der Waals surface area contributed by atoms with Gasteiger partial charge in [-0.1, -0.05) is 18.2 Å². The van der Waals surface area contributed by atoms with Crippen LogP contribution in [0, 0.1) is 0 Å². The molecular formula is C17H18N2O. The van der Waals surface area contributed by atoms with Gasteiger partial charge < -0.3 is 10.5 Å². The molecular weight excluding hydrogens is 248 g/mol. The summed E-state index contributed by atoms with van der Waals surface area (Å²) in [5.74, 6) is 1.44. The van der Waals surface area contributed by atoms with Gasteiger partial charge in [0.25, 0.3) is 0 Å². The predicted molar refractivity (Wildman–Crippen MR) is 77.9 cm³/mol. The highest BCUT2D eigenvalue weighted by atomic mass is 16.5. The molecule has 0 radical (unpaired) electrons. The van der Waals surface area contributed by atoms with Crippen molar-refractivity contribution in [1.82, 2.24) is 4.98 Å². The molecule has 0 spiro atoms. The summed E-state index contributed by atoms with van der Waals surface area (Å²) < 4.78 is 5.71. The fourth-order valence-electron chi connectivity index (χ4n) is 3.51. The van der Waals surface area contributed by atoms with Crippen LogP contribution in [0.1, 0.15) is 40.3 Å². The first-order valence-corrected chi connectivity index (χ1v) is 7.29. The van der Waals surface area contributed by atoms with Crippen LogP contribution in [0.4, 0.5) is 0 Å². The molecule has 2 N–H and O–H groups in total.